The number of aromatic nitrogens is 2. The molecule has 0 amide bonds. The van der Waals surface area contributed by atoms with Gasteiger partial charge in [-0.15, -0.1) is 0 Å². The van der Waals surface area contributed by atoms with E-state index in [1.807, 2.05) is 6.07 Å². The van der Waals surface area contributed by atoms with Crippen LogP contribution in [0.15, 0.2) is 67.0 Å². The summed E-state index contributed by atoms with van der Waals surface area (Å²) in [6, 6.07) is 13.9. The molecule has 0 radical (unpaired) electrons. The van der Waals surface area contributed by atoms with Crippen molar-refractivity contribution in [1.29, 1.82) is 0 Å². The van der Waals surface area contributed by atoms with Gasteiger partial charge in [0.05, 0.1) is 5.75 Å². The SMILES string of the molecule is Cn1ccnc1C(NS(=O)(=O)Cc1ccccc1)c1ccc(F)cc1. The summed E-state index contributed by atoms with van der Waals surface area (Å²) in [4.78, 5) is 4.25. The van der Waals surface area contributed by atoms with Gasteiger partial charge in [-0.25, -0.2) is 17.8 Å². The van der Waals surface area contributed by atoms with Gasteiger partial charge in [0.25, 0.3) is 0 Å². The molecule has 3 aromatic rings. The molecule has 25 heavy (non-hydrogen) atoms. The molecule has 1 atom stereocenters. The van der Waals surface area contributed by atoms with Gasteiger partial charge in [0.2, 0.25) is 10.0 Å². The lowest BCUT2D eigenvalue weighted by Crippen LogP contribution is -2.32. The van der Waals surface area contributed by atoms with E-state index in [0.29, 0.717) is 17.0 Å². The number of hydrogen-bond acceptors (Lipinski definition) is 3. The standard InChI is InChI=1S/C18H18FN3O2S/c1-22-12-11-20-18(22)17(15-7-9-16(19)10-8-15)21-25(23,24)13-14-5-3-2-4-6-14/h2-12,17,21H,13H2,1H3. The van der Waals surface area contributed by atoms with Gasteiger partial charge in [-0.1, -0.05) is 42.5 Å². The third-order valence-electron chi connectivity index (χ3n) is 3.82. The van der Waals surface area contributed by atoms with Crippen molar-refractivity contribution in [1.82, 2.24) is 14.3 Å². The molecular weight excluding hydrogens is 341 g/mol. The molecule has 5 nitrogen and oxygen atoms in total. The van der Waals surface area contributed by atoms with Crippen LogP contribution in [-0.4, -0.2) is 18.0 Å². The minimum atomic E-state index is -3.63. The van der Waals surface area contributed by atoms with E-state index in [2.05, 4.69) is 9.71 Å². The van der Waals surface area contributed by atoms with Crippen molar-refractivity contribution in [3.05, 3.63) is 89.8 Å². The largest absolute Gasteiger partial charge is 0.336 e. The number of rotatable bonds is 6. The Morgan fingerprint density at radius 3 is 2.40 bits per heavy atom. The van der Waals surface area contributed by atoms with Gasteiger partial charge in [0, 0.05) is 19.4 Å². The summed E-state index contributed by atoms with van der Waals surface area (Å²) in [5.41, 5.74) is 1.31. The molecule has 0 fully saturated rings. The van der Waals surface area contributed by atoms with Gasteiger partial charge in [-0.3, -0.25) is 0 Å². The minimum Gasteiger partial charge on any atom is -0.336 e. The average Bonchev–Trinajstić information content (AvgIpc) is 3.00. The van der Waals surface area contributed by atoms with Crippen LogP contribution in [0.25, 0.3) is 0 Å². The zero-order valence-corrected chi connectivity index (χ0v) is 14.4. The normalized spacial score (nSPS) is 12.9. The van der Waals surface area contributed by atoms with E-state index in [-0.39, 0.29) is 11.6 Å². The molecule has 1 heterocycles. The number of sulfonamides is 1. The summed E-state index contributed by atoms with van der Waals surface area (Å²) in [7, 11) is -1.85. The van der Waals surface area contributed by atoms with E-state index >= 15 is 0 Å². The van der Waals surface area contributed by atoms with Crippen LogP contribution in [0.1, 0.15) is 23.0 Å². The summed E-state index contributed by atoms with van der Waals surface area (Å²) in [5, 5.41) is 0. The Morgan fingerprint density at radius 1 is 1.12 bits per heavy atom. The Kier molecular flexibility index (Phi) is 4.96. The fourth-order valence-electron chi connectivity index (χ4n) is 2.60. The first kappa shape index (κ1) is 17.3. The lowest BCUT2D eigenvalue weighted by Gasteiger charge is -2.19. The van der Waals surface area contributed by atoms with E-state index in [1.165, 1.54) is 12.1 Å². The third-order valence-corrected chi connectivity index (χ3v) is 5.13. The van der Waals surface area contributed by atoms with Gasteiger partial charge < -0.3 is 4.57 Å². The fraction of sp³-hybridized carbons (Fsp3) is 0.167. The van der Waals surface area contributed by atoms with Crippen LogP contribution in [0.3, 0.4) is 0 Å². The van der Waals surface area contributed by atoms with Crippen molar-refractivity contribution >= 4 is 10.0 Å². The van der Waals surface area contributed by atoms with Crippen molar-refractivity contribution in [3.63, 3.8) is 0 Å². The molecule has 130 valence electrons. The molecule has 0 bridgehead atoms. The topological polar surface area (TPSA) is 64.0 Å². The maximum absolute atomic E-state index is 13.2. The Bertz CT molecular complexity index is 938. The van der Waals surface area contributed by atoms with Crippen LogP contribution < -0.4 is 4.72 Å². The van der Waals surface area contributed by atoms with Gasteiger partial charge in [0.1, 0.15) is 17.7 Å². The Hall–Kier alpha value is -2.51. The highest BCUT2D eigenvalue weighted by atomic mass is 32.2. The number of imidazole rings is 1. The number of nitrogens with one attached hydrogen (secondary N) is 1. The number of benzene rings is 2. The Morgan fingerprint density at radius 2 is 1.80 bits per heavy atom. The molecule has 1 aromatic heterocycles. The molecule has 1 N–H and O–H groups in total. The predicted molar refractivity (Wildman–Crippen MR) is 93.7 cm³/mol. The zero-order valence-electron chi connectivity index (χ0n) is 13.6. The quantitative estimate of drug-likeness (QED) is 0.736. The van der Waals surface area contributed by atoms with Crippen LogP contribution in [0.5, 0.6) is 0 Å². The van der Waals surface area contributed by atoms with Crippen LogP contribution in [-0.2, 0) is 22.8 Å². The van der Waals surface area contributed by atoms with Crippen LogP contribution in [0.4, 0.5) is 4.39 Å². The second-order valence-electron chi connectivity index (χ2n) is 5.74. The lowest BCUT2D eigenvalue weighted by molar-refractivity contribution is 0.561. The summed E-state index contributed by atoms with van der Waals surface area (Å²) in [6.07, 6.45) is 3.33. The van der Waals surface area contributed by atoms with E-state index in [1.54, 1.807) is 60.4 Å². The summed E-state index contributed by atoms with van der Waals surface area (Å²) >= 11 is 0. The molecule has 0 saturated heterocycles. The second kappa shape index (κ2) is 7.16. The molecule has 3 rings (SSSR count). The maximum Gasteiger partial charge on any atom is 0.216 e. The van der Waals surface area contributed by atoms with Crippen LogP contribution in [0.2, 0.25) is 0 Å². The smallest absolute Gasteiger partial charge is 0.216 e. The molecule has 2 aromatic carbocycles. The predicted octanol–water partition coefficient (Wildman–Crippen LogP) is 2.77. The second-order valence-corrected chi connectivity index (χ2v) is 7.50. The first-order valence-electron chi connectivity index (χ1n) is 7.71. The maximum atomic E-state index is 13.2. The van der Waals surface area contributed by atoms with Gasteiger partial charge in [0.15, 0.2) is 0 Å². The minimum absolute atomic E-state index is 0.143. The summed E-state index contributed by atoms with van der Waals surface area (Å²) in [5.74, 6) is 0.00777. The van der Waals surface area contributed by atoms with Crippen molar-refractivity contribution in [2.75, 3.05) is 0 Å². The Labute approximate surface area is 146 Å². The molecule has 0 aliphatic carbocycles. The third kappa shape index (κ3) is 4.32. The van der Waals surface area contributed by atoms with Crippen molar-refractivity contribution in [3.8, 4) is 0 Å². The highest BCUT2D eigenvalue weighted by molar-refractivity contribution is 7.88. The molecule has 7 heteroatoms. The average molecular weight is 359 g/mol. The first-order chi connectivity index (χ1) is 11.9. The van der Waals surface area contributed by atoms with Gasteiger partial charge in [-0.2, -0.15) is 4.72 Å². The van der Waals surface area contributed by atoms with Gasteiger partial charge in [-0.05, 0) is 23.3 Å². The van der Waals surface area contributed by atoms with Crippen LogP contribution in [0, 0.1) is 5.82 Å². The summed E-state index contributed by atoms with van der Waals surface area (Å²) < 4.78 is 42.9. The number of halogens is 1. The molecule has 0 aliphatic rings. The van der Waals surface area contributed by atoms with E-state index in [4.69, 9.17) is 0 Å². The Balaban J connectivity index is 1.92. The molecule has 0 saturated carbocycles. The number of aryl methyl sites for hydroxylation is 1. The van der Waals surface area contributed by atoms with Crippen molar-refractivity contribution in [2.45, 2.75) is 11.8 Å². The number of hydrogen-bond donors (Lipinski definition) is 1. The summed E-state index contributed by atoms with van der Waals surface area (Å²) in [6.45, 7) is 0. The van der Waals surface area contributed by atoms with Crippen molar-refractivity contribution in [2.24, 2.45) is 7.05 Å². The van der Waals surface area contributed by atoms with Crippen molar-refractivity contribution < 1.29 is 12.8 Å². The highest BCUT2D eigenvalue weighted by Gasteiger charge is 2.24. The van der Waals surface area contributed by atoms with E-state index in [9.17, 15) is 12.8 Å². The fourth-order valence-corrected chi connectivity index (χ4v) is 3.91. The highest BCUT2D eigenvalue weighted by Crippen LogP contribution is 2.22. The molecule has 1 unspecified atom stereocenters. The van der Waals surface area contributed by atoms with Crippen LogP contribution >= 0.6 is 0 Å². The monoisotopic (exact) mass is 359 g/mol. The van der Waals surface area contributed by atoms with E-state index < -0.39 is 16.1 Å². The zero-order chi connectivity index (χ0) is 17.9. The number of nitrogens with zero attached hydrogens (tertiary/aromatic N) is 2. The lowest BCUT2D eigenvalue weighted by atomic mass is 10.1. The van der Waals surface area contributed by atoms with Gasteiger partial charge >= 0.3 is 0 Å². The molecule has 0 aliphatic heterocycles. The van der Waals surface area contributed by atoms with E-state index in [0.717, 1.165) is 0 Å². The molecular formula is C18H18FN3O2S. The first-order valence-corrected chi connectivity index (χ1v) is 9.36. The molecule has 0 spiro atoms.